The highest BCUT2D eigenvalue weighted by atomic mass is 15.2. The lowest BCUT2D eigenvalue weighted by molar-refractivity contribution is 0.635. The number of aromatic nitrogens is 1. The smallest absolute Gasteiger partial charge is 0.146 e. The lowest BCUT2D eigenvalue weighted by Crippen LogP contribution is -2.34. The Kier molecular flexibility index (Phi) is 3.33. The Morgan fingerprint density at radius 3 is 2.76 bits per heavy atom. The first kappa shape index (κ1) is 11.9. The number of pyridine rings is 1. The second-order valence-electron chi connectivity index (χ2n) is 5.13. The molecule has 1 aromatic heterocycles. The maximum Gasteiger partial charge on any atom is 0.146 e. The van der Waals surface area contributed by atoms with Gasteiger partial charge in [0.15, 0.2) is 0 Å². The van der Waals surface area contributed by atoms with Crippen molar-refractivity contribution >= 4 is 5.82 Å². The SMILES string of the molecule is Cc1ccnc(N(CC2CC2)C(C)C)c1C#N. The molecule has 0 radical (unpaired) electrons. The van der Waals surface area contributed by atoms with Gasteiger partial charge in [-0.15, -0.1) is 0 Å². The molecule has 17 heavy (non-hydrogen) atoms. The summed E-state index contributed by atoms with van der Waals surface area (Å²) in [5.41, 5.74) is 1.74. The number of hydrogen-bond donors (Lipinski definition) is 0. The van der Waals surface area contributed by atoms with Gasteiger partial charge in [0.25, 0.3) is 0 Å². The van der Waals surface area contributed by atoms with Crippen molar-refractivity contribution in [3.63, 3.8) is 0 Å². The zero-order chi connectivity index (χ0) is 12.4. The third-order valence-corrected chi connectivity index (χ3v) is 3.30. The van der Waals surface area contributed by atoms with Gasteiger partial charge < -0.3 is 4.90 Å². The van der Waals surface area contributed by atoms with Crippen molar-refractivity contribution in [2.24, 2.45) is 5.92 Å². The van der Waals surface area contributed by atoms with Crippen LogP contribution in [0.3, 0.4) is 0 Å². The van der Waals surface area contributed by atoms with Crippen LogP contribution < -0.4 is 4.90 Å². The van der Waals surface area contributed by atoms with E-state index in [1.54, 1.807) is 6.20 Å². The fraction of sp³-hybridized carbons (Fsp3) is 0.571. The van der Waals surface area contributed by atoms with Crippen molar-refractivity contribution in [2.45, 2.75) is 39.7 Å². The van der Waals surface area contributed by atoms with Crippen LogP contribution in [0.5, 0.6) is 0 Å². The van der Waals surface area contributed by atoms with E-state index in [1.807, 2.05) is 13.0 Å². The van der Waals surface area contributed by atoms with Crippen molar-refractivity contribution in [1.29, 1.82) is 5.26 Å². The second-order valence-corrected chi connectivity index (χ2v) is 5.13. The highest BCUT2D eigenvalue weighted by Gasteiger charge is 2.27. The highest BCUT2D eigenvalue weighted by molar-refractivity contribution is 5.57. The third kappa shape index (κ3) is 2.58. The van der Waals surface area contributed by atoms with Gasteiger partial charge in [-0.05, 0) is 51.2 Å². The van der Waals surface area contributed by atoms with Crippen molar-refractivity contribution < 1.29 is 0 Å². The molecule has 0 aromatic carbocycles. The minimum atomic E-state index is 0.386. The third-order valence-electron chi connectivity index (χ3n) is 3.30. The quantitative estimate of drug-likeness (QED) is 0.797. The van der Waals surface area contributed by atoms with E-state index in [-0.39, 0.29) is 0 Å². The van der Waals surface area contributed by atoms with Crippen LogP contribution in [0.25, 0.3) is 0 Å². The molecule has 1 fully saturated rings. The van der Waals surface area contributed by atoms with Crippen molar-refractivity contribution in [1.82, 2.24) is 4.98 Å². The first-order valence-electron chi connectivity index (χ1n) is 6.25. The molecule has 0 amide bonds. The molecule has 0 spiro atoms. The largest absolute Gasteiger partial charge is 0.353 e. The van der Waals surface area contributed by atoms with Crippen molar-refractivity contribution in [3.8, 4) is 6.07 Å². The Labute approximate surface area is 103 Å². The Morgan fingerprint density at radius 2 is 2.24 bits per heavy atom. The maximum absolute atomic E-state index is 9.26. The summed E-state index contributed by atoms with van der Waals surface area (Å²) in [6.07, 6.45) is 4.43. The van der Waals surface area contributed by atoms with Crippen molar-refractivity contribution in [2.75, 3.05) is 11.4 Å². The van der Waals surface area contributed by atoms with Gasteiger partial charge in [0.2, 0.25) is 0 Å². The molecule has 1 heterocycles. The molecule has 3 heteroatoms. The van der Waals surface area contributed by atoms with Crippen LogP contribution in [0.1, 0.15) is 37.8 Å². The Morgan fingerprint density at radius 1 is 1.53 bits per heavy atom. The molecule has 1 aliphatic carbocycles. The predicted molar refractivity (Wildman–Crippen MR) is 68.9 cm³/mol. The topological polar surface area (TPSA) is 39.9 Å². The van der Waals surface area contributed by atoms with E-state index in [9.17, 15) is 5.26 Å². The standard InChI is InChI=1S/C14H19N3/c1-10(2)17(9-12-4-5-12)14-13(8-15)11(3)6-7-16-14/h6-7,10,12H,4-5,9H2,1-3H3. The van der Waals surface area contributed by atoms with Crippen LogP contribution in [-0.4, -0.2) is 17.6 Å². The predicted octanol–water partition coefficient (Wildman–Crippen LogP) is 2.89. The lowest BCUT2D eigenvalue weighted by Gasteiger charge is -2.29. The maximum atomic E-state index is 9.26. The zero-order valence-electron chi connectivity index (χ0n) is 10.8. The van der Waals surface area contributed by atoms with E-state index in [2.05, 4.69) is 29.8 Å². The molecule has 1 saturated carbocycles. The van der Waals surface area contributed by atoms with Gasteiger partial charge in [0, 0.05) is 18.8 Å². The van der Waals surface area contributed by atoms with Gasteiger partial charge >= 0.3 is 0 Å². The van der Waals surface area contributed by atoms with Crippen LogP contribution in [0.4, 0.5) is 5.82 Å². The first-order chi connectivity index (χ1) is 8.13. The van der Waals surface area contributed by atoms with Gasteiger partial charge in [-0.1, -0.05) is 0 Å². The summed E-state index contributed by atoms with van der Waals surface area (Å²) in [7, 11) is 0. The molecule has 0 unspecified atom stereocenters. The number of rotatable bonds is 4. The van der Waals surface area contributed by atoms with Gasteiger partial charge in [0.1, 0.15) is 11.9 Å². The summed E-state index contributed by atoms with van der Waals surface area (Å²) in [5.74, 6) is 1.65. The number of nitrogens with zero attached hydrogens (tertiary/aromatic N) is 3. The molecule has 2 rings (SSSR count). The minimum Gasteiger partial charge on any atom is -0.353 e. The van der Waals surface area contributed by atoms with Gasteiger partial charge in [-0.2, -0.15) is 5.26 Å². The molecule has 1 aliphatic rings. The molecule has 90 valence electrons. The summed E-state index contributed by atoms with van der Waals surface area (Å²) in [4.78, 5) is 6.68. The fourth-order valence-corrected chi connectivity index (χ4v) is 2.02. The van der Waals surface area contributed by atoms with Crippen LogP contribution in [0.15, 0.2) is 12.3 Å². The Bertz CT molecular complexity index is 441. The summed E-state index contributed by atoms with van der Waals surface area (Å²) in [5, 5.41) is 9.26. The Balaban J connectivity index is 2.34. The summed E-state index contributed by atoms with van der Waals surface area (Å²) < 4.78 is 0. The summed E-state index contributed by atoms with van der Waals surface area (Å²) >= 11 is 0. The van der Waals surface area contributed by atoms with E-state index >= 15 is 0 Å². The van der Waals surface area contributed by atoms with E-state index in [1.165, 1.54) is 12.8 Å². The van der Waals surface area contributed by atoms with E-state index in [0.29, 0.717) is 6.04 Å². The lowest BCUT2D eigenvalue weighted by atomic mass is 10.1. The van der Waals surface area contributed by atoms with E-state index in [4.69, 9.17) is 0 Å². The average molecular weight is 229 g/mol. The number of aryl methyl sites for hydroxylation is 1. The summed E-state index contributed by atoms with van der Waals surface area (Å²) in [6.45, 7) is 7.32. The monoisotopic (exact) mass is 229 g/mol. The van der Waals surface area contributed by atoms with Crippen molar-refractivity contribution in [3.05, 3.63) is 23.4 Å². The molecule has 1 aromatic rings. The molecular weight excluding hydrogens is 210 g/mol. The van der Waals surface area contributed by atoms with E-state index in [0.717, 1.165) is 29.4 Å². The molecule has 0 saturated heterocycles. The molecule has 0 N–H and O–H groups in total. The number of hydrogen-bond acceptors (Lipinski definition) is 3. The molecule has 0 aliphatic heterocycles. The first-order valence-corrected chi connectivity index (χ1v) is 6.25. The molecular formula is C14H19N3. The molecule has 0 bridgehead atoms. The zero-order valence-corrected chi connectivity index (χ0v) is 10.8. The van der Waals surface area contributed by atoms with Gasteiger partial charge in [-0.25, -0.2) is 4.98 Å². The van der Waals surface area contributed by atoms with Gasteiger partial charge in [-0.3, -0.25) is 0 Å². The van der Waals surface area contributed by atoms with E-state index < -0.39 is 0 Å². The van der Waals surface area contributed by atoms with Crippen LogP contribution >= 0.6 is 0 Å². The average Bonchev–Trinajstić information content (AvgIpc) is 3.09. The summed E-state index contributed by atoms with van der Waals surface area (Å²) in [6, 6.07) is 4.58. The highest BCUT2D eigenvalue weighted by Crippen LogP contribution is 2.33. The molecule has 0 atom stereocenters. The normalized spacial score (nSPS) is 14.8. The van der Waals surface area contributed by atoms with Crippen LogP contribution in [0, 0.1) is 24.2 Å². The fourth-order valence-electron chi connectivity index (χ4n) is 2.02. The van der Waals surface area contributed by atoms with Gasteiger partial charge in [0.05, 0.1) is 5.56 Å². The number of nitriles is 1. The van der Waals surface area contributed by atoms with Crippen LogP contribution in [-0.2, 0) is 0 Å². The molecule has 3 nitrogen and oxygen atoms in total. The van der Waals surface area contributed by atoms with Crippen LogP contribution in [0.2, 0.25) is 0 Å². The second kappa shape index (κ2) is 4.75. The minimum absolute atomic E-state index is 0.386. The number of anilines is 1. The Hall–Kier alpha value is -1.56.